The number of piperidine rings is 1. The van der Waals surface area contributed by atoms with E-state index in [1.807, 2.05) is 6.92 Å². The second-order valence-electron chi connectivity index (χ2n) is 8.39. The van der Waals surface area contributed by atoms with Gasteiger partial charge >= 0.3 is 0 Å². The Bertz CT molecular complexity index is 872. The van der Waals surface area contributed by atoms with Crippen LogP contribution in [0.2, 0.25) is 0 Å². The first-order valence-electron chi connectivity index (χ1n) is 9.92. The highest BCUT2D eigenvalue weighted by molar-refractivity contribution is 5.93. The van der Waals surface area contributed by atoms with Gasteiger partial charge in [-0.15, -0.1) is 10.2 Å². The molecular weight excluding hydrogens is 376 g/mol. The van der Waals surface area contributed by atoms with Crippen molar-refractivity contribution in [3.05, 3.63) is 29.7 Å². The number of nitrogens with one attached hydrogen (secondary N) is 1. The molecule has 2 aliphatic heterocycles. The quantitative estimate of drug-likeness (QED) is 0.752. The number of aryl methyl sites for hydroxylation is 2. The molecule has 2 fully saturated rings. The summed E-state index contributed by atoms with van der Waals surface area (Å²) in [7, 11) is 1.72. The predicted molar refractivity (Wildman–Crippen MR) is 102 cm³/mol. The molecule has 0 aromatic carbocycles. The number of carbonyl (C=O) groups excluding carboxylic acids is 1. The van der Waals surface area contributed by atoms with Crippen LogP contribution in [0.1, 0.15) is 48.5 Å². The minimum Gasteiger partial charge on any atom is -0.424 e. The molecule has 4 rings (SSSR count). The first kappa shape index (κ1) is 20.0. The molecule has 2 aromatic heterocycles. The van der Waals surface area contributed by atoms with Gasteiger partial charge in [-0.1, -0.05) is 0 Å². The number of carbonyl (C=O) groups is 1. The lowest BCUT2D eigenvalue weighted by Gasteiger charge is -2.51. The third kappa shape index (κ3) is 4.05. The Hall–Kier alpha value is -2.30. The number of aliphatic hydroxyl groups is 1. The zero-order chi connectivity index (χ0) is 20.6. The van der Waals surface area contributed by atoms with E-state index in [9.17, 15) is 9.90 Å². The number of ether oxygens (including phenoxy) is 1. The van der Waals surface area contributed by atoms with Crippen molar-refractivity contribution in [2.45, 2.75) is 56.9 Å². The van der Waals surface area contributed by atoms with Gasteiger partial charge in [-0.25, -0.2) is 0 Å². The van der Waals surface area contributed by atoms with E-state index in [0.29, 0.717) is 30.4 Å². The second-order valence-corrected chi connectivity index (χ2v) is 8.39. The van der Waals surface area contributed by atoms with Gasteiger partial charge in [0.1, 0.15) is 11.8 Å². The Morgan fingerprint density at radius 3 is 2.76 bits per heavy atom. The van der Waals surface area contributed by atoms with Gasteiger partial charge in [0.05, 0.1) is 24.3 Å². The Morgan fingerprint density at radius 1 is 1.38 bits per heavy atom. The summed E-state index contributed by atoms with van der Waals surface area (Å²) in [5.41, 5.74) is -0.677. The lowest BCUT2D eigenvalue weighted by molar-refractivity contribution is -0.178. The Kier molecular flexibility index (Phi) is 5.18. The topological polar surface area (TPSA) is 119 Å². The predicted octanol–water partition coefficient (Wildman–Crippen LogP) is 0.416. The summed E-state index contributed by atoms with van der Waals surface area (Å²) in [5, 5.41) is 25.6. The molecule has 2 aliphatic rings. The van der Waals surface area contributed by atoms with E-state index in [-0.39, 0.29) is 18.1 Å². The molecule has 0 saturated carbocycles. The molecule has 4 heterocycles. The van der Waals surface area contributed by atoms with Crippen LogP contribution in [0.4, 0.5) is 0 Å². The molecule has 0 aliphatic carbocycles. The van der Waals surface area contributed by atoms with Crippen molar-refractivity contribution in [3.63, 3.8) is 0 Å². The molecule has 158 valence electrons. The molecule has 1 spiro atoms. The third-order valence-corrected chi connectivity index (χ3v) is 6.12. The lowest BCUT2D eigenvalue weighted by Crippen LogP contribution is -2.65. The molecular formula is C19H28N6O4. The molecule has 10 nitrogen and oxygen atoms in total. The van der Waals surface area contributed by atoms with Crippen molar-refractivity contribution in [1.82, 2.24) is 30.2 Å². The van der Waals surface area contributed by atoms with Gasteiger partial charge in [-0.2, -0.15) is 5.10 Å². The molecule has 0 bridgehead atoms. The van der Waals surface area contributed by atoms with Crippen LogP contribution < -0.4 is 5.32 Å². The van der Waals surface area contributed by atoms with E-state index in [2.05, 4.69) is 25.5 Å². The Labute approximate surface area is 169 Å². The van der Waals surface area contributed by atoms with Gasteiger partial charge in [-0.3, -0.25) is 14.4 Å². The van der Waals surface area contributed by atoms with Crippen LogP contribution in [0.3, 0.4) is 0 Å². The molecule has 2 aromatic rings. The summed E-state index contributed by atoms with van der Waals surface area (Å²) in [6.45, 7) is 6.14. The van der Waals surface area contributed by atoms with Crippen LogP contribution in [0, 0.1) is 6.92 Å². The van der Waals surface area contributed by atoms with Gasteiger partial charge < -0.3 is 19.6 Å². The zero-order valence-electron chi connectivity index (χ0n) is 17.1. The largest absolute Gasteiger partial charge is 0.424 e. The highest BCUT2D eigenvalue weighted by Crippen LogP contribution is 2.40. The van der Waals surface area contributed by atoms with Crippen molar-refractivity contribution in [2.75, 3.05) is 19.7 Å². The summed E-state index contributed by atoms with van der Waals surface area (Å²) in [6.07, 6.45) is 2.98. The summed E-state index contributed by atoms with van der Waals surface area (Å²) in [4.78, 5) is 15.0. The van der Waals surface area contributed by atoms with Gasteiger partial charge in [0.25, 0.3) is 5.91 Å². The zero-order valence-corrected chi connectivity index (χ0v) is 17.1. The maximum absolute atomic E-state index is 12.7. The maximum Gasteiger partial charge on any atom is 0.270 e. The molecule has 29 heavy (non-hydrogen) atoms. The van der Waals surface area contributed by atoms with E-state index in [1.165, 1.54) is 4.68 Å². The van der Waals surface area contributed by atoms with Crippen LogP contribution in [0.15, 0.2) is 16.7 Å². The van der Waals surface area contributed by atoms with Gasteiger partial charge in [0, 0.05) is 39.7 Å². The van der Waals surface area contributed by atoms with Crippen LogP contribution in [0.25, 0.3) is 0 Å². The van der Waals surface area contributed by atoms with Crippen LogP contribution >= 0.6 is 0 Å². The van der Waals surface area contributed by atoms with Crippen molar-refractivity contribution in [2.24, 2.45) is 7.05 Å². The number of amides is 1. The average molecular weight is 404 g/mol. The molecule has 2 saturated heterocycles. The molecule has 2 N–H and O–H groups in total. The highest BCUT2D eigenvalue weighted by Gasteiger charge is 2.50. The lowest BCUT2D eigenvalue weighted by atomic mass is 9.74. The van der Waals surface area contributed by atoms with Crippen LogP contribution in [-0.4, -0.2) is 72.8 Å². The van der Waals surface area contributed by atoms with Crippen molar-refractivity contribution in [3.8, 4) is 0 Å². The number of aromatic nitrogens is 4. The van der Waals surface area contributed by atoms with Gasteiger partial charge in [0.15, 0.2) is 0 Å². The van der Waals surface area contributed by atoms with E-state index in [0.717, 1.165) is 25.9 Å². The smallest absolute Gasteiger partial charge is 0.270 e. The minimum atomic E-state index is -0.773. The summed E-state index contributed by atoms with van der Waals surface area (Å²) < 4.78 is 13.1. The highest BCUT2D eigenvalue weighted by atomic mass is 16.5. The normalized spacial score (nSPS) is 27.2. The van der Waals surface area contributed by atoms with Gasteiger partial charge in [0.2, 0.25) is 11.8 Å². The summed E-state index contributed by atoms with van der Waals surface area (Å²) in [5.74, 6) is 0.942. The second kappa shape index (κ2) is 7.51. The number of hydrogen-bond acceptors (Lipinski definition) is 8. The van der Waals surface area contributed by atoms with E-state index in [4.69, 9.17) is 9.15 Å². The number of rotatable bonds is 4. The van der Waals surface area contributed by atoms with Crippen molar-refractivity contribution >= 4 is 5.91 Å². The number of nitrogens with zero attached hydrogens (tertiary/aromatic N) is 5. The SMILES string of the molecule is Cc1nnc(CN2CCC3(CC2)C[C@@](C)(NC(=O)c2ccnn2C)[C@H](O)CO3)o1. The van der Waals surface area contributed by atoms with Crippen LogP contribution in [0.5, 0.6) is 0 Å². The minimum absolute atomic E-state index is 0.199. The number of aliphatic hydroxyl groups excluding tert-OH is 1. The first-order valence-corrected chi connectivity index (χ1v) is 9.92. The Balaban J connectivity index is 1.40. The number of likely N-dealkylation sites (tertiary alicyclic amines) is 1. The maximum atomic E-state index is 12.7. The fraction of sp³-hybridized carbons (Fsp3) is 0.684. The third-order valence-electron chi connectivity index (χ3n) is 6.12. The molecule has 10 heteroatoms. The molecule has 1 amide bonds. The number of hydrogen-bond donors (Lipinski definition) is 2. The molecule has 2 atom stereocenters. The molecule has 0 radical (unpaired) electrons. The average Bonchev–Trinajstić information content (AvgIpc) is 3.29. The Morgan fingerprint density at radius 2 is 2.14 bits per heavy atom. The first-order chi connectivity index (χ1) is 13.8. The standard InChI is InChI=1S/C19H28N6O4/c1-13-22-23-16(29-13)10-25-8-5-19(6-9-25)12-18(2,15(26)11-28-19)21-17(27)14-4-7-20-24(14)3/h4,7,15,26H,5-6,8-12H2,1-3H3,(H,21,27)/t15-,18-/m1/s1. The van der Waals surface area contributed by atoms with Gasteiger partial charge in [-0.05, 0) is 25.8 Å². The molecule has 0 unspecified atom stereocenters. The van der Waals surface area contributed by atoms with Crippen molar-refractivity contribution in [1.29, 1.82) is 0 Å². The monoisotopic (exact) mass is 404 g/mol. The van der Waals surface area contributed by atoms with Crippen LogP contribution in [-0.2, 0) is 18.3 Å². The van der Waals surface area contributed by atoms with E-state index < -0.39 is 11.6 Å². The fourth-order valence-electron chi connectivity index (χ4n) is 4.36. The summed E-state index contributed by atoms with van der Waals surface area (Å²) >= 11 is 0. The van der Waals surface area contributed by atoms with Crippen molar-refractivity contribution < 1.29 is 19.1 Å². The summed E-state index contributed by atoms with van der Waals surface area (Å²) in [6, 6.07) is 1.66. The fourth-order valence-corrected chi connectivity index (χ4v) is 4.36. The van der Waals surface area contributed by atoms with E-state index >= 15 is 0 Å². The van der Waals surface area contributed by atoms with E-state index in [1.54, 1.807) is 26.2 Å².